The van der Waals surface area contributed by atoms with Crippen molar-refractivity contribution in [2.75, 3.05) is 0 Å². The molecule has 0 heterocycles. The minimum absolute atomic E-state index is 0.334. The Bertz CT molecular complexity index is 272. The molecule has 1 atom stereocenters. The Hall–Kier alpha value is -0.420. The quantitative estimate of drug-likeness (QED) is 0.339. The highest BCUT2D eigenvalue weighted by Gasteiger charge is 2.02. The smallest absolute Gasteiger partial charge is 0.261 e. The van der Waals surface area contributed by atoms with Gasteiger partial charge in [-0.3, -0.25) is 14.1 Å². The van der Waals surface area contributed by atoms with Crippen LogP contribution in [-0.2, 0) is 16.1 Å². The molecule has 1 amide bonds. The second-order valence-corrected chi connectivity index (χ2v) is 6.47. The first-order valence-electron chi connectivity index (χ1n) is 8.57. The van der Waals surface area contributed by atoms with Gasteiger partial charge in [-0.1, -0.05) is 84.0 Å². The fraction of sp³-hybridized carbons (Fsp3) is 0.938. The van der Waals surface area contributed by atoms with E-state index in [9.17, 15) is 9.00 Å². The third-order valence-electron chi connectivity index (χ3n) is 3.71. The van der Waals surface area contributed by atoms with Crippen LogP contribution in [0.3, 0.4) is 0 Å². The Balaban J connectivity index is 3.09. The molecule has 0 spiro atoms. The van der Waals surface area contributed by atoms with Gasteiger partial charge in [-0.05, 0) is 6.42 Å². The van der Waals surface area contributed by atoms with E-state index in [4.69, 9.17) is 4.55 Å². The van der Waals surface area contributed by atoms with E-state index in [-0.39, 0.29) is 5.91 Å². The first kappa shape index (κ1) is 20.6. The molecule has 0 aromatic heterocycles. The summed E-state index contributed by atoms with van der Waals surface area (Å²) in [4.78, 5) is 11.1. The van der Waals surface area contributed by atoms with E-state index in [0.717, 1.165) is 19.3 Å². The Morgan fingerprint density at radius 2 is 1.19 bits per heavy atom. The maximum Gasteiger partial charge on any atom is 0.261 e. The molecule has 4 nitrogen and oxygen atoms in total. The molecule has 0 aliphatic heterocycles. The monoisotopic (exact) mass is 319 g/mol. The van der Waals surface area contributed by atoms with E-state index in [0.29, 0.717) is 6.42 Å². The number of amides is 1. The number of nitrogens with one attached hydrogen (secondary N) is 1. The molecular weight excluding hydrogens is 286 g/mol. The SMILES string of the molecule is CCCCCCCCCCCCCCCC(=O)NS(=O)O. The molecule has 5 heteroatoms. The molecule has 0 radical (unpaired) electrons. The summed E-state index contributed by atoms with van der Waals surface area (Å²) in [6.07, 6.45) is 16.8. The normalized spacial score (nSPS) is 12.3. The number of hydrogen-bond donors (Lipinski definition) is 2. The van der Waals surface area contributed by atoms with E-state index < -0.39 is 11.3 Å². The summed E-state index contributed by atoms with van der Waals surface area (Å²) in [5.74, 6) is -0.334. The lowest BCUT2D eigenvalue weighted by molar-refractivity contribution is -0.119. The standard InChI is InChI=1S/C16H33NO3S/c1-2-3-4-5-6-7-8-9-10-11-12-13-14-15-16(18)17-21(19)20/h2-15H2,1H3,(H,17,18)(H,19,20). The molecule has 0 aliphatic carbocycles. The van der Waals surface area contributed by atoms with Crippen molar-refractivity contribution in [1.29, 1.82) is 0 Å². The van der Waals surface area contributed by atoms with E-state index in [1.165, 1.54) is 64.2 Å². The summed E-state index contributed by atoms with van der Waals surface area (Å²) in [7, 11) is 0. The zero-order chi connectivity index (χ0) is 15.8. The maximum absolute atomic E-state index is 11.1. The lowest BCUT2D eigenvalue weighted by atomic mass is 10.0. The minimum Gasteiger partial charge on any atom is -0.289 e. The second kappa shape index (κ2) is 16.0. The molecule has 0 fully saturated rings. The third-order valence-corrected chi connectivity index (χ3v) is 4.11. The van der Waals surface area contributed by atoms with E-state index in [1.54, 1.807) is 0 Å². The average molecular weight is 320 g/mol. The van der Waals surface area contributed by atoms with Crippen molar-refractivity contribution < 1.29 is 13.6 Å². The van der Waals surface area contributed by atoms with E-state index >= 15 is 0 Å². The van der Waals surface area contributed by atoms with Gasteiger partial charge in [-0.15, -0.1) is 0 Å². The highest BCUT2D eigenvalue weighted by molar-refractivity contribution is 7.77. The van der Waals surface area contributed by atoms with Crippen LogP contribution < -0.4 is 4.72 Å². The molecule has 0 bridgehead atoms. The zero-order valence-corrected chi connectivity index (χ0v) is 14.4. The Labute approximate surface area is 132 Å². The molecule has 1 unspecified atom stereocenters. The minimum atomic E-state index is -2.21. The highest BCUT2D eigenvalue weighted by Crippen LogP contribution is 2.12. The van der Waals surface area contributed by atoms with Gasteiger partial charge in [0.15, 0.2) is 0 Å². The van der Waals surface area contributed by atoms with Gasteiger partial charge in [0.1, 0.15) is 0 Å². The van der Waals surface area contributed by atoms with Crippen LogP contribution in [0.4, 0.5) is 0 Å². The molecule has 2 N–H and O–H groups in total. The maximum atomic E-state index is 11.1. The van der Waals surface area contributed by atoms with Gasteiger partial charge in [-0.25, -0.2) is 4.21 Å². The lowest BCUT2D eigenvalue weighted by Crippen LogP contribution is -2.24. The van der Waals surface area contributed by atoms with Crippen LogP contribution in [0, 0.1) is 0 Å². The summed E-state index contributed by atoms with van der Waals surface area (Å²) < 4.78 is 20.8. The van der Waals surface area contributed by atoms with E-state index in [1.807, 2.05) is 4.72 Å². The van der Waals surface area contributed by atoms with Gasteiger partial charge in [0.05, 0.1) is 0 Å². The van der Waals surface area contributed by atoms with Crippen molar-refractivity contribution in [3.8, 4) is 0 Å². The second-order valence-electron chi connectivity index (χ2n) is 5.77. The fourth-order valence-corrected chi connectivity index (χ4v) is 2.75. The molecule has 0 saturated carbocycles. The average Bonchev–Trinajstić information content (AvgIpc) is 2.43. The van der Waals surface area contributed by atoms with Gasteiger partial charge < -0.3 is 0 Å². The summed E-state index contributed by atoms with van der Waals surface area (Å²) >= 11 is -2.21. The molecular formula is C16H33NO3S. The summed E-state index contributed by atoms with van der Waals surface area (Å²) in [6.45, 7) is 2.25. The van der Waals surface area contributed by atoms with Crippen molar-refractivity contribution in [1.82, 2.24) is 4.72 Å². The van der Waals surface area contributed by atoms with Crippen LogP contribution in [-0.4, -0.2) is 14.7 Å². The van der Waals surface area contributed by atoms with Crippen LogP contribution in [0.25, 0.3) is 0 Å². The summed E-state index contributed by atoms with van der Waals surface area (Å²) in [5.41, 5.74) is 0. The van der Waals surface area contributed by atoms with Gasteiger partial charge in [-0.2, -0.15) is 0 Å². The van der Waals surface area contributed by atoms with E-state index in [2.05, 4.69) is 6.92 Å². The van der Waals surface area contributed by atoms with Crippen molar-refractivity contribution in [2.24, 2.45) is 0 Å². The first-order chi connectivity index (χ1) is 10.2. The van der Waals surface area contributed by atoms with Gasteiger partial charge in [0, 0.05) is 6.42 Å². The molecule has 21 heavy (non-hydrogen) atoms. The van der Waals surface area contributed by atoms with Crippen molar-refractivity contribution in [3.63, 3.8) is 0 Å². The van der Waals surface area contributed by atoms with Crippen LogP contribution in [0.5, 0.6) is 0 Å². The predicted molar refractivity (Wildman–Crippen MR) is 89.2 cm³/mol. The largest absolute Gasteiger partial charge is 0.289 e. The van der Waals surface area contributed by atoms with Gasteiger partial charge >= 0.3 is 0 Å². The molecule has 126 valence electrons. The number of carbonyl (C=O) groups excluding carboxylic acids is 1. The molecule has 0 saturated heterocycles. The van der Waals surface area contributed by atoms with Crippen LogP contribution in [0.1, 0.15) is 96.8 Å². The third kappa shape index (κ3) is 17.5. The van der Waals surface area contributed by atoms with Crippen LogP contribution in [0.15, 0.2) is 0 Å². The number of rotatable bonds is 15. The van der Waals surface area contributed by atoms with Crippen LogP contribution in [0.2, 0.25) is 0 Å². The number of carbonyl (C=O) groups is 1. The lowest BCUT2D eigenvalue weighted by Gasteiger charge is -2.03. The topological polar surface area (TPSA) is 66.4 Å². The molecule has 0 aliphatic rings. The first-order valence-corrected chi connectivity index (χ1v) is 9.67. The fourth-order valence-electron chi connectivity index (χ4n) is 2.45. The molecule has 0 rings (SSSR count). The number of unbranched alkanes of at least 4 members (excludes halogenated alkanes) is 12. The summed E-state index contributed by atoms with van der Waals surface area (Å²) in [6, 6.07) is 0. The molecule has 0 aromatic rings. The Kier molecular flexibility index (Phi) is 15.6. The van der Waals surface area contributed by atoms with Gasteiger partial charge in [0.2, 0.25) is 5.91 Å². The van der Waals surface area contributed by atoms with Crippen LogP contribution >= 0.6 is 0 Å². The molecule has 0 aromatic carbocycles. The van der Waals surface area contributed by atoms with Gasteiger partial charge in [0.25, 0.3) is 11.3 Å². The zero-order valence-electron chi connectivity index (χ0n) is 13.6. The Morgan fingerprint density at radius 3 is 1.57 bits per heavy atom. The van der Waals surface area contributed by atoms with Crippen molar-refractivity contribution >= 4 is 17.2 Å². The Morgan fingerprint density at radius 1 is 0.810 bits per heavy atom. The highest BCUT2D eigenvalue weighted by atomic mass is 32.2. The summed E-state index contributed by atoms with van der Waals surface area (Å²) in [5, 5.41) is 0. The van der Waals surface area contributed by atoms with Crippen molar-refractivity contribution in [3.05, 3.63) is 0 Å². The number of hydrogen-bond acceptors (Lipinski definition) is 2. The van der Waals surface area contributed by atoms with Crippen molar-refractivity contribution in [2.45, 2.75) is 96.8 Å². The predicted octanol–water partition coefficient (Wildman–Crippen LogP) is 4.72.